The molecule has 6 nitrogen and oxygen atoms in total. The number of hydrogen-bond donors (Lipinski definition) is 2. The lowest BCUT2D eigenvalue weighted by Gasteiger charge is -2.20. The van der Waals surface area contributed by atoms with Crippen LogP contribution in [0.2, 0.25) is 0 Å². The van der Waals surface area contributed by atoms with Crippen molar-refractivity contribution >= 4 is 16.0 Å². The molecule has 0 saturated heterocycles. The van der Waals surface area contributed by atoms with Crippen molar-refractivity contribution in [3.8, 4) is 0 Å². The molecule has 94 valence electrons. The van der Waals surface area contributed by atoms with E-state index in [9.17, 15) is 13.2 Å². The smallest absolute Gasteiger partial charge is 0.353 e. The molecule has 0 aliphatic carbocycles. The Morgan fingerprint density at radius 1 is 1.31 bits per heavy atom. The monoisotopic (exact) mass is 250 g/mol. The van der Waals surface area contributed by atoms with Gasteiger partial charge in [0.15, 0.2) is 4.91 Å². The van der Waals surface area contributed by atoms with Gasteiger partial charge in [-0.3, -0.25) is 0 Å². The van der Waals surface area contributed by atoms with E-state index in [0.29, 0.717) is 0 Å². The molecule has 0 aliphatic heterocycles. The molecule has 0 saturated carbocycles. The highest BCUT2D eigenvalue weighted by molar-refractivity contribution is 7.94. The summed E-state index contributed by atoms with van der Waals surface area (Å²) in [6.07, 6.45) is 0. The molecule has 0 aromatic rings. The molecule has 3 N–H and O–H groups in total. The van der Waals surface area contributed by atoms with Crippen LogP contribution >= 0.6 is 0 Å². The third-order valence-electron chi connectivity index (χ3n) is 1.48. The fourth-order valence-electron chi connectivity index (χ4n) is 0.909. The van der Waals surface area contributed by atoms with Crippen LogP contribution in [0.5, 0.6) is 0 Å². The van der Waals surface area contributed by atoms with Crippen molar-refractivity contribution in [2.45, 2.75) is 33.3 Å². The minimum absolute atomic E-state index is 0.108. The number of allylic oxidation sites excluding steroid dienone is 1. The summed E-state index contributed by atoms with van der Waals surface area (Å²) in [5, 5.41) is 0. The summed E-state index contributed by atoms with van der Waals surface area (Å²) >= 11 is 0. The summed E-state index contributed by atoms with van der Waals surface area (Å²) in [6, 6.07) is 0. The van der Waals surface area contributed by atoms with Gasteiger partial charge in [0.25, 0.3) is 0 Å². The average Bonchev–Trinajstić information content (AvgIpc) is 1.98. The van der Waals surface area contributed by atoms with Gasteiger partial charge in [0.2, 0.25) is 10.0 Å². The molecule has 0 bridgehead atoms. The Bertz CT molecular complexity index is 400. The second-order valence-electron chi connectivity index (χ2n) is 4.22. The second-order valence-corrected chi connectivity index (χ2v) is 6.04. The molecule has 7 heteroatoms. The first-order valence-corrected chi connectivity index (χ1v) is 6.13. The first kappa shape index (κ1) is 14.9. The van der Waals surface area contributed by atoms with Crippen molar-refractivity contribution in [2.24, 2.45) is 5.73 Å². The Balaban J connectivity index is 5.32. The van der Waals surface area contributed by atoms with E-state index in [0.717, 1.165) is 0 Å². The number of hydrogen-bond acceptors (Lipinski definition) is 5. The molecule has 0 rings (SSSR count). The SMILES string of the molecule is CNS(=O)(=O)/C(C(=O)OC(C)(C)C)=C(\C)N. The molecule has 0 amide bonds. The Labute approximate surface area is 95.9 Å². The largest absolute Gasteiger partial charge is 0.456 e. The second kappa shape index (κ2) is 4.84. The summed E-state index contributed by atoms with van der Waals surface area (Å²) in [7, 11) is -2.70. The zero-order chi connectivity index (χ0) is 13.1. The lowest BCUT2D eigenvalue weighted by atomic mass is 10.2. The third kappa shape index (κ3) is 4.19. The molecule has 0 atom stereocenters. The minimum Gasteiger partial charge on any atom is -0.456 e. The molecule has 0 spiro atoms. The van der Waals surface area contributed by atoms with Crippen LogP contribution in [-0.2, 0) is 19.6 Å². The van der Waals surface area contributed by atoms with Crippen LogP contribution < -0.4 is 10.5 Å². The number of ether oxygens (including phenoxy) is 1. The van der Waals surface area contributed by atoms with Crippen LogP contribution in [0, 0.1) is 0 Å². The topological polar surface area (TPSA) is 98.5 Å². The van der Waals surface area contributed by atoms with Gasteiger partial charge >= 0.3 is 5.97 Å². The van der Waals surface area contributed by atoms with E-state index >= 15 is 0 Å². The van der Waals surface area contributed by atoms with E-state index in [1.807, 2.05) is 4.72 Å². The van der Waals surface area contributed by atoms with Gasteiger partial charge in [-0.2, -0.15) is 0 Å². The molecule has 0 heterocycles. The Hall–Kier alpha value is -1.08. The zero-order valence-corrected chi connectivity index (χ0v) is 10.9. The molecule has 0 aliphatic rings. The molecule has 0 unspecified atom stereocenters. The van der Waals surface area contributed by atoms with Gasteiger partial charge in [0.1, 0.15) is 5.60 Å². The van der Waals surface area contributed by atoms with Crippen molar-refractivity contribution in [3.05, 3.63) is 10.6 Å². The maximum absolute atomic E-state index is 11.6. The van der Waals surface area contributed by atoms with Crippen molar-refractivity contribution in [2.75, 3.05) is 7.05 Å². The van der Waals surface area contributed by atoms with Gasteiger partial charge < -0.3 is 10.5 Å². The van der Waals surface area contributed by atoms with Gasteiger partial charge in [-0.15, -0.1) is 0 Å². The summed E-state index contributed by atoms with van der Waals surface area (Å²) in [4.78, 5) is 11.1. The first-order valence-electron chi connectivity index (χ1n) is 4.64. The van der Waals surface area contributed by atoms with Gasteiger partial charge in [-0.05, 0) is 34.7 Å². The Morgan fingerprint density at radius 2 is 1.75 bits per heavy atom. The van der Waals surface area contributed by atoms with Gasteiger partial charge in [0, 0.05) is 5.70 Å². The lowest BCUT2D eigenvalue weighted by Crippen LogP contribution is -2.33. The third-order valence-corrected chi connectivity index (χ3v) is 3.04. The molecule has 0 radical (unpaired) electrons. The van der Waals surface area contributed by atoms with Crippen molar-refractivity contribution in [3.63, 3.8) is 0 Å². The Morgan fingerprint density at radius 3 is 2.00 bits per heavy atom. The number of nitrogens with two attached hydrogens (primary N) is 1. The lowest BCUT2D eigenvalue weighted by molar-refractivity contribution is -0.149. The van der Waals surface area contributed by atoms with Crippen LogP contribution in [0.3, 0.4) is 0 Å². The highest BCUT2D eigenvalue weighted by atomic mass is 32.2. The standard InChI is InChI=1S/C9H18N2O4S/c1-6(10)7(16(13,14)11-5)8(12)15-9(2,3)4/h11H,10H2,1-5H3/b7-6+. The van der Waals surface area contributed by atoms with Crippen LogP contribution in [0.25, 0.3) is 0 Å². The highest BCUT2D eigenvalue weighted by Gasteiger charge is 2.30. The molecular formula is C9H18N2O4S. The number of esters is 1. The molecule has 0 aromatic carbocycles. The van der Waals surface area contributed by atoms with E-state index in [-0.39, 0.29) is 5.70 Å². The molecule has 0 aromatic heterocycles. The van der Waals surface area contributed by atoms with Crippen LogP contribution in [-0.4, -0.2) is 27.0 Å². The maximum atomic E-state index is 11.6. The van der Waals surface area contributed by atoms with Crippen molar-refractivity contribution < 1.29 is 17.9 Å². The van der Waals surface area contributed by atoms with E-state index in [2.05, 4.69) is 0 Å². The number of rotatable bonds is 3. The number of sulfonamides is 1. The van der Waals surface area contributed by atoms with Gasteiger partial charge in [-0.25, -0.2) is 17.9 Å². The first-order chi connectivity index (χ1) is 7.01. The highest BCUT2D eigenvalue weighted by Crippen LogP contribution is 2.15. The average molecular weight is 250 g/mol. The van der Waals surface area contributed by atoms with E-state index in [4.69, 9.17) is 10.5 Å². The number of carbonyl (C=O) groups is 1. The number of carbonyl (C=O) groups excluding carboxylic acids is 1. The summed E-state index contributed by atoms with van der Waals surface area (Å²) in [5.74, 6) is -0.957. The van der Waals surface area contributed by atoms with Crippen LogP contribution in [0.1, 0.15) is 27.7 Å². The number of nitrogens with one attached hydrogen (secondary N) is 1. The predicted molar refractivity (Wildman–Crippen MR) is 60.7 cm³/mol. The van der Waals surface area contributed by atoms with Gasteiger partial charge in [0.05, 0.1) is 0 Å². The fraction of sp³-hybridized carbons (Fsp3) is 0.667. The zero-order valence-electron chi connectivity index (χ0n) is 10.1. The summed E-state index contributed by atoms with van der Waals surface area (Å²) < 4.78 is 30.0. The fourth-order valence-corrected chi connectivity index (χ4v) is 1.80. The predicted octanol–water partition coefficient (Wildman–Crippen LogP) is 0.0675. The normalized spacial score (nSPS) is 14.3. The van der Waals surface area contributed by atoms with E-state index < -0.39 is 26.5 Å². The molecular weight excluding hydrogens is 232 g/mol. The quantitative estimate of drug-likeness (QED) is 0.545. The van der Waals surface area contributed by atoms with E-state index in [1.54, 1.807) is 20.8 Å². The molecule has 16 heavy (non-hydrogen) atoms. The van der Waals surface area contributed by atoms with E-state index in [1.165, 1.54) is 14.0 Å². The van der Waals surface area contributed by atoms with Crippen LogP contribution in [0.4, 0.5) is 0 Å². The molecule has 0 fully saturated rings. The minimum atomic E-state index is -3.90. The summed E-state index contributed by atoms with van der Waals surface area (Å²) in [5.41, 5.74) is 4.49. The van der Waals surface area contributed by atoms with Crippen molar-refractivity contribution in [1.82, 2.24) is 4.72 Å². The Kier molecular flexibility index (Phi) is 4.51. The van der Waals surface area contributed by atoms with Gasteiger partial charge in [-0.1, -0.05) is 0 Å². The van der Waals surface area contributed by atoms with Crippen LogP contribution in [0.15, 0.2) is 10.6 Å². The van der Waals surface area contributed by atoms with Crippen molar-refractivity contribution in [1.29, 1.82) is 0 Å². The maximum Gasteiger partial charge on any atom is 0.353 e. The summed E-state index contributed by atoms with van der Waals surface area (Å²) in [6.45, 7) is 6.25.